The number of rotatable bonds is 5. The van der Waals surface area contributed by atoms with Crippen molar-refractivity contribution in [2.24, 2.45) is 0 Å². The highest BCUT2D eigenvalue weighted by atomic mass is 32.1. The van der Waals surface area contributed by atoms with E-state index < -0.39 is 0 Å². The van der Waals surface area contributed by atoms with Crippen molar-refractivity contribution >= 4 is 54.3 Å². The fraction of sp³-hybridized carbons (Fsp3) is 0. The predicted octanol–water partition coefficient (Wildman–Crippen LogP) is 11.9. The molecule has 0 unspecified atom stereocenters. The molecular weight excluding hydrogens is 633 g/mol. The third kappa shape index (κ3) is 4.77. The Bertz CT molecular complexity index is 2860. The summed E-state index contributed by atoms with van der Waals surface area (Å²) in [5.74, 6) is 1.78. The largest absolute Gasteiger partial charge is 0.456 e. The van der Waals surface area contributed by atoms with Crippen LogP contribution < -0.4 is 0 Å². The first kappa shape index (κ1) is 28.5. The summed E-state index contributed by atoms with van der Waals surface area (Å²) >= 11 is 1.65. The van der Waals surface area contributed by atoms with E-state index in [1.165, 1.54) is 5.39 Å². The minimum Gasteiger partial charge on any atom is -0.456 e. The Morgan fingerprint density at radius 1 is 0.440 bits per heavy atom. The summed E-state index contributed by atoms with van der Waals surface area (Å²) in [6.45, 7) is 0. The number of benzene rings is 7. The molecule has 0 fully saturated rings. The lowest BCUT2D eigenvalue weighted by Gasteiger charge is -2.13. The van der Waals surface area contributed by atoms with Crippen LogP contribution in [0.25, 0.3) is 98.8 Å². The van der Waals surface area contributed by atoms with Gasteiger partial charge in [-0.2, -0.15) is 0 Å². The van der Waals surface area contributed by atoms with E-state index in [1.807, 2.05) is 78.9 Å². The molecule has 10 aromatic rings. The van der Waals surface area contributed by atoms with Crippen molar-refractivity contribution < 1.29 is 4.42 Å². The standard InChI is InChI=1S/C44H26N4OS/c1-4-14-27(15-5-1)34-25-31(24-30-20-10-11-21-32(30)34)42-46-41(28-16-6-2-7-17-28)47-43(48-42)39-38-33-22-12-13-23-36(33)49-37(38)26-35-40(39)50-44(45-35)29-18-8-3-9-19-29/h1-26H. The molecule has 50 heavy (non-hydrogen) atoms. The van der Waals surface area contributed by atoms with Gasteiger partial charge in [0.15, 0.2) is 17.5 Å². The van der Waals surface area contributed by atoms with Crippen LogP contribution in [0.1, 0.15) is 0 Å². The van der Waals surface area contributed by atoms with E-state index in [4.69, 9.17) is 24.4 Å². The van der Waals surface area contributed by atoms with Gasteiger partial charge in [0.1, 0.15) is 16.2 Å². The first-order valence-electron chi connectivity index (χ1n) is 16.5. The summed E-state index contributed by atoms with van der Waals surface area (Å²) < 4.78 is 7.48. The molecule has 10 rings (SSSR count). The Morgan fingerprint density at radius 2 is 1.04 bits per heavy atom. The van der Waals surface area contributed by atoms with Crippen LogP contribution in [-0.2, 0) is 0 Å². The van der Waals surface area contributed by atoms with Crippen LogP contribution in [0.5, 0.6) is 0 Å². The molecule has 3 aromatic heterocycles. The van der Waals surface area contributed by atoms with Gasteiger partial charge in [0.2, 0.25) is 0 Å². The molecule has 0 aliphatic carbocycles. The number of hydrogen-bond acceptors (Lipinski definition) is 6. The van der Waals surface area contributed by atoms with Crippen molar-refractivity contribution in [1.82, 2.24) is 19.9 Å². The van der Waals surface area contributed by atoms with Crippen molar-refractivity contribution in [3.05, 3.63) is 158 Å². The molecule has 0 saturated carbocycles. The number of nitrogens with zero attached hydrogens (tertiary/aromatic N) is 4. The van der Waals surface area contributed by atoms with Crippen LogP contribution in [0.4, 0.5) is 0 Å². The SMILES string of the molecule is c1ccc(-c2nc(-c3cc(-c4ccccc4)c4ccccc4c3)nc(-c3c4sc(-c5ccccc5)nc4cc4oc5ccccc5c34)n2)cc1. The zero-order valence-corrected chi connectivity index (χ0v) is 27.4. The molecular formula is C44H26N4OS. The van der Waals surface area contributed by atoms with Gasteiger partial charge in [-0.15, -0.1) is 11.3 Å². The Labute approximate surface area is 291 Å². The van der Waals surface area contributed by atoms with Crippen molar-refractivity contribution in [1.29, 1.82) is 0 Å². The van der Waals surface area contributed by atoms with E-state index in [9.17, 15) is 0 Å². The number of thiazole rings is 1. The number of para-hydroxylation sites is 1. The van der Waals surface area contributed by atoms with Gasteiger partial charge in [-0.25, -0.2) is 19.9 Å². The number of aromatic nitrogens is 4. The average molecular weight is 659 g/mol. The zero-order valence-electron chi connectivity index (χ0n) is 26.6. The lowest BCUT2D eigenvalue weighted by molar-refractivity contribution is 0.669. The Morgan fingerprint density at radius 3 is 1.80 bits per heavy atom. The summed E-state index contributed by atoms with van der Waals surface area (Å²) in [5, 5.41) is 5.20. The van der Waals surface area contributed by atoms with Gasteiger partial charge in [0.25, 0.3) is 0 Å². The average Bonchev–Trinajstić information content (AvgIpc) is 3.79. The third-order valence-electron chi connectivity index (χ3n) is 9.14. The number of fused-ring (bicyclic) bond motifs is 5. The molecule has 0 N–H and O–H groups in total. The normalized spacial score (nSPS) is 11.6. The summed E-state index contributed by atoms with van der Waals surface area (Å²) in [6, 6.07) is 54.0. The smallest absolute Gasteiger partial charge is 0.166 e. The minimum atomic E-state index is 0.577. The molecule has 0 aliphatic heterocycles. The molecule has 7 aromatic carbocycles. The summed E-state index contributed by atoms with van der Waals surface area (Å²) in [5.41, 5.74) is 8.45. The molecule has 0 aliphatic rings. The van der Waals surface area contributed by atoms with Crippen LogP contribution in [0.2, 0.25) is 0 Å². The second kappa shape index (κ2) is 11.6. The van der Waals surface area contributed by atoms with Crippen LogP contribution in [0, 0.1) is 0 Å². The highest BCUT2D eigenvalue weighted by molar-refractivity contribution is 7.22. The summed E-state index contributed by atoms with van der Waals surface area (Å²) in [7, 11) is 0. The van der Waals surface area contributed by atoms with Crippen LogP contribution in [0.15, 0.2) is 162 Å². The number of hydrogen-bond donors (Lipinski definition) is 0. The van der Waals surface area contributed by atoms with E-state index in [2.05, 4.69) is 78.9 Å². The molecule has 0 atom stereocenters. The van der Waals surface area contributed by atoms with Gasteiger partial charge in [0, 0.05) is 33.5 Å². The highest BCUT2D eigenvalue weighted by Crippen LogP contribution is 2.45. The Hall–Kier alpha value is -6.50. The molecule has 3 heterocycles. The molecule has 6 heteroatoms. The lowest BCUT2D eigenvalue weighted by Crippen LogP contribution is -2.01. The lowest BCUT2D eigenvalue weighted by atomic mass is 9.95. The van der Waals surface area contributed by atoms with Crippen LogP contribution in [0.3, 0.4) is 0 Å². The fourth-order valence-corrected chi connectivity index (χ4v) is 7.91. The van der Waals surface area contributed by atoms with Gasteiger partial charge in [-0.3, -0.25) is 0 Å². The highest BCUT2D eigenvalue weighted by Gasteiger charge is 2.24. The van der Waals surface area contributed by atoms with Gasteiger partial charge >= 0.3 is 0 Å². The monoisotopic (exact) mass is 658 g/mol. The second-order valence-corrected chi connectivity index (χ2v) is 13.2. The minimum absolute atomic E-state index is 0.577. The van der Waals surface area contributed by atoms with E-state index in [0.29, 0.717) is 17.5 Å². The molecule has 0 radical (unpaired) electrons. The predicted molar refractivity (Wildman–Crippen MR) is 205 cm³/mol. The van der Waals surface area contributed by atoms with Gasteiger partial charge in [0.05, 0.1) is 15.8 Å². The van der Waals surface area contributed by atoms with Gasteiger partial charge < -0.3 is 4.42 Å². The first-order valence-corrected chi connectivity index (χ1v) is 17.3. The van der Waals surface area contributed by atoms with E-state index >= 15 is 0 Å². The van der Waals surface area contributed by atoms with E-state index in [-0.39, 0.29) is 0 Å². The molecule has 0 bridgehead atoms. The quantitative estimate of drug-likeness (QED) is 0.184. The van der Waals surface area contributed by atoms with Crippen LogP contribution in [-0.4, -0.2) is 19.9 Å². The van der Waals surface area contributed by atoms with Crippen molar-refractivity contribution in [2.45, 2.75) is 0 Å². The van der Waals surface area contributed by atoms with E-state index in [1.54, 1.807) is 11.3 Å². The molecule has 5 nitrogen and oxygen atoms in total. The third-order valence-corrected chi connectivity index (χ3v) is 10.3. The fourth-order valence-electron chi connectivity index (χ4n) is 6.82. The van der Waals surface area contributed by atoms with Crippen molar-refractivity contribution in [3.63, 3.8) is 0 Å². The molecule has 0 spiro atoms. The summed E-state index contributed by atoms with van der Waals surface area (Å²) in [6.07, 6.45) is 0. The number of furan rings is 1. The van der Waals surface area contributed by atoms with Crippen molar-refractivity contribution in [3.8, 4) is 55.9 Å². The van der Waals surface area contributed by atoms with Gasteiger partial charge in [-0.05, 0) is 40.1 Å². The second-order valence-electron chi connectivity index (χ2n) is 12.2. The molecule has 0 saturated heterocycles. The maximum absolute atomic E-state index is 6.47. The first-order chi connectivity index (χ1) is 24.8. The summed E-state index contributed by atoms with van der Waals surface area (Å²) in [4.78, 5) is 20.8. The maximum Gasteiger partial charge on any atom is 0.166 e. The van der Waals surface area contributed by atoms with Crippen LogP contribution >= 0.6 is 11.3 Å². The molecule has 234 valence electrons. The Kier molecular flexibility index (Phi) is 6.60. The topological polar surface area (TPSA) is 64.7 Å². The Balaban J connectivity index is 1.30. The van der Waals surface area contributed by atoms with Crippen molar-refractivity contribution in [2.75, 3.05) is 0 Å². The van der Waals surface area contributed by atoms with E-state index in [0.717, 1.165) is 75.9 Å². The zero-order chi connectivity index (χ0) is 33.0. The molecule has 0 amide bonds. The maximum atomic E-state index is 6.47. The van der Waals surface area contributed by atoms with Gasteiger partial charge in [-0.1, -0.05) is 133 Å².